The topological polar surface area (TPSA) is 75.9 Å². The van der Waals surface area contributed by atoms with Crippen LogP contribution in [0.1, 0.15) is 30.1 Å². The van der Waals surface area contributed by atoms with E-state index in [1.165, 1.54) is 0 Å². The highest BCUT2D eigenvalue weighted by Crippen LogP contribution is 2.13. The summed E-state index contributed by atoms with van der Waals surface area (Å²) in [6, 6.07) is 4.46. The maximum Gasteiger partial charge on any atom is 0.315 e. The van der Waals surface area contributed by atoms with E-state index in [9.17, 15) is 0 Å². The largest absolute Gasteiger partial charge is 0.406 e. The van der Waals surface area contributed by atoms with E-state index in [-0.39, 0.29) is 6.04 Å². The van der Waals surface area contributed by atoms with Gasteiger partial charge in [0.05, 0.1) is 6.04 Å². The molecule has 0 bridgehead atoms. The summed E-state index contributed by atoms with van der Waals surface area (Å²) in [5.74, 6) is 0.571. The first-order valence-electron chi connectivity index (χ1n) is 5.85. The SMILES string of the molecule is CNC(C)c1nnc(NCc2ccc(C)nc2)o1. The number of nitrogens with zero attached hydrogens (tertiary/aromatic N) is 3. The van der Waals surface area contributed by atoms with E-state index in [0.717, 1.165) is 11.3 Å². The molecule has 18 heavy (non-hydrogen) atoms. The number of aryl methyl sites for hydroxylation is 1. The first kappa shape index (κ1) is 12.5. The van der Waals surface area contributed by atoms with E-state index in [1.54, 1.807) is 0 Å². The zero-order chi connectivity index (χ0) is 13.0. The van der Waals surface area contributed by atoms with Crippen LogP contribution in [0.2, 0.25) is 0 Å². The second-order valence-corrected chi connectivity index (χ2v) is 4.12. The monoisotopic (exact) mass is 247 g/mol. The first-order chi connectivity index (χ1) is 8.69. The lowest BCUT2D eigenvalue weighted by Crippen LogP contribution is -2.12. The van der Waals surface area contributed by atoms with Crippen molar-refractivity contribution < 1.29 is 4.42 Å². The standard InChI is InChI=1S/C12H17N5O/c1-8-4-5-10(6-14-8)7-15-12-17-16-11(18-12)9(2)13-3/h4-6,9,13H,7H2,1-3H3,(H,15,17). The van der Waals surface area contributed by atoms with Gasteiger partial charge in [0.15, 0.2) is 0 Å². The molecule has 0 saturated carbocycles. The molecule has 96 valence electrons. The number of rotatable bonds is 5. The summed E-state index contributed by atoms with van der Waals surface area (Å²) in [7, 11) is 1.85. The molecule has 0 radical (unpaired) electrons. The minimum absolute atomic E-state index is 0.0501. The van der Waals surface area contributed by atoms with Crippen molar-refractivity contribution >= 4 is 6.01 Å². The fourth-order valence-electron chi connectivity index (χ4n) is 1.39. The van der Waals surface area contributed by atoms with Crippen molar-refractivity contribution in [2.75, 3.05) is 12.4 Å². The number of pyridine rings is 1. The van der Waals surface area contributed by atoms with Gasteiger partial charge >= 0.3 is 6.01 Å². The van der Waals surface area contributed by atoms with Crippen LogP contribution in [0, 0.1) is 6.92 Å². The number of hydrogen-bond acceptors (Lipinski definition) is 6. The molecular formula is C12H17N5O. The molecule has 0 aliphatic rings. The molecule has 2 aromatic rings. The minimum atomic E-state index is 0.0501. The molecule has 0 spiro atoms. The Hall–Kier alpha value is -1.95. The van der Waals surface area contributed by atoms with Crippen LogP contribution >= 0.6 is 0 Å². The fraction of sp³-hybridized carbons (Fsp3) is 0.417. The van der Waals surface area contributed by atoms with Gasteiger partial charge in [-0.1, -0.05) is 11.2 Å². The number of hydrogen-bond donors (Lipinski definition) is 2. The van der Waals surface area contributed by atoms with E-state index in [1.807, 2.05) is 39.2 Å². The van der Waals surface area contributed by atoms with Gasteiger partial charge in [0.25, 0.3) is 0 Å². The van der Waals surface area contributed by atoms with Crippen LogP contribution in [0.4, 0.5) is 6.01 Å². The van der Waals surface area contributed by atoms with Crippen LogP contribution in [0.15, 0.2) is 22.7 Å². The Labute approximate surface area is 106 Å². The molecule has 1 unspecified atom stereocenters. The third-order valence-corrected chi connectivity index (χ3v) is 2.66. The Morgan fingerprint density at radius 2 is 2.17 bits per heavy atom. The lowest BCUT2D eigenvalue weighted by Gasteiger charge is -2.03. The van der Waals surface area contributed by atoms with Crippen molar-refractivity contribution in [3.63, 3.8) is 0 Å². The van der Waals surface area contributed by atoms with E-state index < -0.39 is 0 Å². The van der Waals surface area contributed by atoms with Gasteiger partial charge in [-0.15, -0.1) is 5.10 Å². The van der Waals surface area contributed by atoms with Gasteiger partial charge in [0.1, 0.15) is 0 Å². The minimum Gasteiger partial charge on any atom is -0.406 e. The predicted octanol–water partition coefficient (Wildman–Crippen LogP) is 1.67. The average molecular weight is 247 g/mol. The van der Waals surface area contributed by atoms with Crippen LogP contribution in [0.25, 0.3) is 0 Å². The fourth-order valence-corrected chi connectivity index (χ4v) is 1.39. The molecule has 6 nitrogen and oxygen atoms in total. The van der Waals surface area contributed by atoms with E-state index >= 15 is 0 Å². The van der Waals surface area contributed by atoms with Crippen LogP contribution in [0.5, 0.6) is 0 Å². The number of nitrogens with one attached hydrogen (secondary N) is 2. The highest BCUT2D eigenvalue weighted by atomic mass is 16.4. The molecule has 0 fully saturated rings. The van der Waals surface area contributed by atoms with Crippen molar-refractivity contribution in [2.24, 2.45) is 0 Å². The second-order valence-electron chi connectivity index (χ2n) is 4.12. The lowest BCUT2D eigenvalue weighted by molar-refractivity contribution is 0.441. The molecule has 0 aliphatic heterocycles. The summed E-state index contributed by atoms with van der Waals surface area (Å²) in [5.41, 5.74) is 2.07. The Balaban J connectivity index is 1.94. The highest BCUT2D eigenvalue weighted by molar-refractivity contribution is 5.22. The highest BCUT2D eigenvalue weighted by Gasteiger charge is 2.11. The van der Waals surface area contributed by atoms with Crippen molar-refractivity contribution in [3.05, 3.63) is 35.5 Å². The quantitative estimate of drug-likeness (QED) is 0.837. The molecule has 2 aromatic heterocycles. The van der Waals surface area contributed by atoms with Crippen molar-refractivity contribution in [1.29, 1.82) is 0 Å². The van der Waals surface area contributed by atoms with Gasteiger partial charge in [-0.2, -0.15) is 0 Å². The van der Waals surface area contributed by atoms with Crippen molar-refractivity contribution in [1.82, 2.24) is 20.5 Å². The molecule has 1 atom stereocenters. The Kier molecular flexibility index (Phi) is 3.88. The number of anilines is 1. The summed E-state index contributed by atoms with van der Waals surface area (Å²) in [6.07, 6.45) is 1.83. The smallest absolute Gasteiger partial charge is 0.315 e. The zero-order valence-corrected chi connectivity index (χ0v) is 10.8. The van der Waals surface area contributed by atoms with Crippen LogP contribution < -0.4 is 10.6 Å². The average Bonchev–Trinajstić information content (AvgIpc) is 2.86. The van der Waals surface area contributed by atoms with E-state index in [0.29, 0.717) is 18.5 Å². The van der Waals surface area contributed by atoms with Crippen molar-refractivity contribution in [2.45, 2.75) is 26.4 Å². The molecule has 0 saturated heterocycles. The van der Waals surface area contributed by atoms with Crippen molar-refractivity contribution in [3.8, 4) is 0 Å². The second kappa shape index (κ2) is 5.59. The van der Waals surface area contributed by atoms with Crippen LogP contribution in [-0.2, 0) is 6.54 Å². The van der Waals surface area contributed by atoms with Gasteiger partial charge in [0.2, 0.25) is 5.89 Å². The summed E-state index contributed by atoms with van der Waals surface area (Å²) in [4.78, 5) is 4.22. The summed E-state index contributed by atoms with van der Waals surface area (Å²) >= 11 is 0. The van der Waals surface area contributed by atoms with E-state index in [2.05, 4.69) is 25.8 Å². The molecule has 0 aromatic carbocycles. The molecular weight excluding hydrogens is 230 g/mol. The van der Waals surface area contributed by atoms with Crippen LogP contribution in [0.3, 0.4) is 0 Å². The molecule has 6 heteroatoms. The third-order valence-electron chi connectivity index (χ3n) is 2.66. The first-order valence-corrected chi connectivity index (χ1v) is 5.85. The molecule has 0 aliphatic carbocycles. The Morgan fingerprint density at radius 1 is 1.33 bits per heavy atom. The van der Waals surface area contributed by atoms with Gasteiger partial charge in [0, 0.05) is 18.4 Å². The number of aromatic nitrogens is 3. The van der Waals surface area contributed by atoms with Gasteiger partial charge in [-0.3, -0.25) is 4.98 Å². The molecule has 0 amide bonds. The van der Waals surface area contributed by atoms with Crippen LogP contribution in [-0.4, -0.2) is 22.2 Å². The maximum atomic E-state index is 5.47. The normalized spacial score (nSPS) is 12.4. The molecule has 2 N–H and O–H groups in total. The summed E-state index contributed by atoms with van der Waals surface area (Å²) in [6.45, 7) is 4.53. The zero-order valence-electron chi connectivity index (χ0n) is 10.8. The molecule has 2 rings (SSSR count). The van der Waals surface area contributed by atoms with Gasteiger partial charge in [-0.25, -0.2) is 0 Å². The maximum absolute atomic E-state index is 5.47. The van der Waals surface area contributed by atoms with Gasteiger partial charge in [-0.05, 0) is 32.5 Å². The predicted molar refractivity (Wildman–Crippen MR) is 68.1 cm³/mol. The van der Waals surface area contributed by atoms with E-state index in [4.69, 9.17) is 4.42 Å². The summed E-state index contributed by atoms with van der Waals surface area (Å²) in [5, 5.41) is 14.0. The summed E-state index contributed by atoms with van der Waals surface area (Å²) < 4.78 is 5.47. The van der Waals surface area contributed by atoms with Gasteiger partial charge < -0.3 is 15.1 Å². The Morgan fingerprint density at radius 3 is 2.83 bits per heavy atom. The lowest BCUT2D eigenvalue weighted by atomic mass is 10.2. The Bertz CT molecular complexity index is 493. The molecule has 2 heterocycles. The third kappa shape index (κ3) is 3.04.